The fourth-order valence-corrected chi connectivity index (χ4v) is 4.80. The molecule has 7 nitrogen and oxygen atoms in total. The summed E-state index contributed by atoms with van der Waals surface area (Å²) in [6.07, 6.45) is 5.16. The van der Waals surface area contributed by atoms with E-state index in [4.69, 9.17) is 9.84 Å². The van der Waals surface area contributed by atoms with E-state index >= 15 is 0 Å². The molecule has 7 heteroatoms. The van der Waals surface area contributed by atoms with E-state index in [9.17, 15) is 9.59 Å². The van der Waals surface area contributed by atoms with Crippen LogP contribution in [0.25, 0.3) is 16.6 Å². The van der Waals surface area contributed by atoms with E-state index in [1.165, 1.54) is 13.5 Å². The van der Waals surface area contributed by atoms with Crippen LogP contribution in [0.15, 0.2) is 78.9 Å². The van der Waals surface area contributed by atoms with E-state index in [0.29, 0.717) is 11.3 Å². The first-order valence-electron chi connectivity index (χ1n) is 12.0. The summed E-state index contributed by atoms with van der Waals surface area (Å²) in [5.74, 6) is 0.304. The van der Waals surface area contributed by atoms with Crippen LogP contribution >= 0.6 is 0 Å². The van der Waals surface area contributed by atoms with Gasteiger partial charge in [0.25, 0.3) is 0 Å². The molecule has 1 aromatic heterocycles. The molecular formula is C28H28N4O3. The number of hydrogen-bond donors (Lipinski definition) is 1. The normalized spacial score (nSPS) is 14.0. The second kappa shape index (κ2) is 10.0. The van der Waals surface area contributed by atoms with Crippen molar-refractivity contribution in [2.24, 2.45) is 0 Å². The van der Waals surface area contributed by atoms with Crippen molar-refractivity contribution < 1.29 is 14.3 Å². The largest absolute Gasteiger partial charge is 0.465 e. The number of para-hydroxylation sites is 1. The zero-order chi connectivity index (χ0) is 24.2. The molecule has 0 unspecified atom stereocenters. The minimum absolute atomic E-state index is 0.0371. The van der Waals surface area contributed by atoms with Gasteiger partial charge in [-0.05, 0) is 55.3 Å². The Hall–Kier alpha value is -4.13. The number of carbonyl (C=O) groups is 2. The molecule has 4 aromatic rings. The van der Waals surface area contributed by atoms with Crippen LogP contribution in [-0.4, -0.2) is 34.9 Å². The standard InChI is InChI=1S/C28H28N4O3/c1-35-27(33)20-11-10-12-21(19-20)29-28(34)31(22-13-4-2-5-14-22)26-24-17-8-9-18-25(24)30-32(26)23-15-6-3-7-16-23/h3,6-12,15-19,22H,2,4-5,13-14H2,1H3,(H,29,34). The molecule has 1 saturated carbocycles. The molecule has 2 amide bonds. The molecule has 0 atom stereocenters. The van der Waals surface area contributed by atoms with E-state index in [1.807, 2.05) is 64.2 Å². The van der Waals surface area contributed by atoms with Crippen molar-refractivity contribution in [2.45, 2.75) is 38.1 Å². The molecule has 0 spiro atoms. The summed E-state index contributed by atoms with van der Waals surface area (Å²) >= 11 is 0. The molecule has 1 heterocycles. The first kappa shape index (κ1) is 22.7. The number of amides is 2. The summed E-state index contributed by atoms with van der Waals surface area (Å²) in [5.41, 5.74) is 2.63. The number of rotatable bonds is 5. The van der Waals surface area contributed by atoms with Gasteiger partial charge in [0.1, 0.15) is 5.82 Å². The third kappa shape index (κ3) is 4.62. The lowest BCUT2D eigenvalue weighted by Crippen LogP contribution is -2.45. The maximum absolute atomic E-state index is 13.9. The van der Waals surface area contributed by atoms with Gasteiger partial charge in [-0.2, -0.15) is 5.10 Å². The highest BCUT2D eigenvalue weighted by molar-refractivity contribution is 6.07. The topological polar surface area (TPSA) is 76.5 Å². The molecule has 178 valence electrons. The third-order valence-corrected chi connectivity index (χ3v) is 6.48. The number of anilines is 2. The van der Waals surface area contributed by atoms with E-state index in [-0.39, 0.29) is 12.1 Å². The van der Waals surface area contributed by atoms with Crippen molar-refractivity contribution in [3.63, 3.8) is 0 Å². The molecule has 3 aromatic carbocycles. The first-order valence-corrected chi connectivity index (χ1v) is 12.0. The first-order chi connectivity index (χ1) is 17.2. The summed E-state index contributed by atoms with van der Waals surface area (Å²) in [7, 11) is 1.34. The summed E-state index contributed by atoms with van der Waals surface area (Å²) in [5, 5.41) is 8.82. The number of hydrogen-bond acceptors (Lipinski definition) is 4. The Balaban J connectivity index is 1.61. The molecule has 0 aliphatic heterocycles. The van der Waals surface area contributed by atoms with Crippen molar-refractivity contribution in [1.82, 2.24) is 9.78 Å². The van der Waals surface area contributed by atoms with E-state index in [2.05, 4.69) is 5.32 Å². The fraction of sp³-hybridized carbons (Fsp3) is 0.250. The predicted molar refractivity (Wildman–Crippen MR) is 137 cm³/mol. The number of nitrogens with zero attached hydrogens (tertiary/aromatic N) is 3. The smallest absolute Gasteiger partial charge is 0.337 e. The highest BCUT2D eigenvalue weighted by Crippen LogP contribution is 2.35. The van der Waals surface area contributed by atoms with Gasteiger partial charge in [0.2, 0.25) is 0 Å². The molecule has 1 N–H and O–H groups in total. The van der Waals surface area contributed by atoms with Gasteiger partial charge in [0.05, 0.1) is 23.9 Å². The monoisotopic (exact) mass is 468 g/mol. The molecule has 0 radical (unpaired) electrons. The van der Waals surface area contributed by atoms with Gasteiger partial charge in [0.15, 0.2) is 0 Å². The number of aromatic nitrogens is 2. The average Bonchev–Trinajstić information content (AvgIpc) is 3.29. The number of fused-ring (bicyclic) bond motifs is 1. The van der Waals surface area contributed by atoms with Gasteiger partial charge in [0, 0.05) is 17.1 Å². The van der Waals surface area contributed by atoms with Gasteiger partial charge < -0.3 is 10.1 Å². The van der Waals surface area contributed by atoms with Crippen molar-refractivity contribution in [2.75, 3.05) is 17.3 Å². The SMILES string of the molecule is COC(=O)c1cccc(NC(=O)N(c2c3ccccc3nn2-c2ccccc2)C2CCCCC2)c1. The number of urea groups is 1. The minimum atomic E-state index is -0.446. The highest BCUT2D eigenvalue weighted by Gasteiger charge is 2.32. The van der Waals surface area contributed by atoms with E-state index in [0.717, 1.165) is 48.1 Å². The second-order valence-corrected chi connectivity index (χ2v) is 8.75. The Morgan fingerprint density at radius 1 is 0.943 bits per heavy atom. The molecule has 1 fully saturated rings. The second-order valence-electron chi connectivity index (χ2n) is 8.75. The van der Waals surface area contributed by atoms with Gasteiger partial charge in [-0.3, -0.25) is 4.90 Å². The number of benzene rings is 3. The zero-order valence-corrected chi connectivity index (χ0v) is 19.7. The Labute approximate surface area is 204 Å². The van der Waals surface area contributed by atoms with Crippen LogP contribution < -0.4 is 10.2 Å². The van der Waals surface area contributed by atoms with E-state index in [1.54, 1.807) is 24.3 Å². The third-order valence-electron chi connectivity index (χ3n) is 6.48. The molecule has 0 saturated heterocycles. The van der Waals surface area contributed by atoms with Crippen LogP contribution in [0.4, 0.5) is 16.3 Å². The van der Waals surface area contributed by atoms with Crippen LogP contribution in [-0.2, 0) is 4.74 Å². The number of esters is 1. The molecule has 1 aliphatic carbocycles. The molecule has 1 aliphatic rings. The van der Waals surface area contributed by atoms with Gasteiger partial charge in [-0.15, -0.1) is 0 Å². The maximum Gasteiger partial charge on any atom is 0.337 e. The zero-order valence-electron chi connectivity index (χ0n) is 19.7. The highest BCUT2D eigenvalue weighted by atomic mass is 16.5. The lowest BCUT2D eigenvalue weighted by molar-refractivity contribution is 0.0600. The lowest BCUT2D eigenvalue weighted by Gasteiger charge is -2.34. The van der Waals surface area contributed by atoms with Crippen LogP contribution in [0.2, 0.25) is 0 Å². The fourth-order valence-electron chi connectivity index (χ4n) is 4.80. The molecule has 35 heavy (non-hydrogen) atoms. The predicted octanol–water partition coefficient (Wildman–Crippen LogP) is 6.18. The van der Waals surface area contributed by atoms with Crippen LogP contribution in [0, 0.1) is 0 Å². The number of nitrogens with one attached hydrogen (secondary N) is 1. The maximum atomic E-state index is 13.9. The Kier molecular flexibility index (Phi) is 6.48. The minimum Gasteiger partial charge on any atom is -0.465 e. The molecule has 5 rings (SSSR count). The molecular weight excluding hydrogens is 440 g/mol. The van der Waals surface area contributed by atoms with Gasteiger partial charge in [-0.25, -0.2) is 14.3 Å². The number of ether oxygens (including phenoxy) is 1. The summed E-state index contributed by atoms with van der Waals surface area (Å²) in [6, 6.07) is 24.4. The van der Waals surface area contributed by atoms with Crippen molar-refractivity contribution in [3.05, 3.63) is 84.4 Å². The van der Waals surface area contributed by atoms with Crippen molar-refractivity contribution in [3.8, 4) is 5.69 Å². The Morgan fingerprint density at radius 2 is 1.69 bits per heavy atom. The van der Waals surface area contributed by atoms with Crippen LogP contribution in [0.3, 0.4) is 0 Å². The van der Waals surface area contributed by atoms with Crippen molar-refractivity contribution >= 4 is 34.4 Å². The summed E-state index contributed by atoms with van der Waals surface area (Å²) in [6.45, 7) is 0. The molecule has 0 bridgehead atoms. The average molecular weight is 469 g/mol. The Morgan fingerprint density at radius 3 is 2.46 bits per heavy atom. The number of methoxy groups -OCH3 is 1. The van der Waals surface area contributed by atoms with Gasteiger partial charge >= 0.3 is 12.0 Å². The summed E-state index contributed by atoms with van der Waals surface area (Å²) < 4.78 is 6.70. The summed E-state index contributed by atoms with van der Waals surface area (Å²) in [4.78, 5) is 27.8. The Bertz CT molecular complexity index is 1340. The van der Waals surface area contributed by atoms with Crippen LogP contribution in [0.1, 0.15) is 42.5 Å². The van der Waals surface area contributed by atoms with Gasteiger partial charge in [-0.1, -0.05) is 55.7 Å². The van der Waals surface area contributed by atoms with E-state index < -0.39 is 5.97 Å². The van der Waals surface area contributed by atoms with Crippen molar-refractivity contribution in [1.29, 1.82) is 0 Å². The quantitative estimate of drug-likeness (QED) is 0.355. The lowest BCUT2D eigenvalue weighted by atomic mass is 9.94. The van der Waals surface area contributed by atoms with Crippen LogP contribution in [0.5, 0.6) is 0 Å². The number of carbonyl (C=O) groups excluding carboxylic acids is 2.